The Labute approximate surface area is 144 Å². The predicted octanol–water partition coefficient (Wildman–Crippen LogP) is 2.53. The van der Waals surface area contributed by atoms with E-state index in [9.17, 15) is 22.8 Å². The lowest BCUT2D eigenvalue weighted by atomic mass is 10.2. The number of ether oxygens (including phenoxy) is 1. The zero-order valence-corrected chi connectivity index (χ0v) is 13.1. The zero-order chi connectivity index (χ0) is 18.6. The molecule has 0 saturated carbocycles. The van der Waals surface area contributed by atoms with Gasteiger partial charge in [0.1, 0.15) is 0 Å². The normalized spacial score (nSPS) is 11.0. The Balaban J connectivity index is 2.01. The molecule has 11 heteroatoms. The quantitative estimate of drug-likeness (QED) is 0.796. The van der Waals surface area contributed by atoms with Crippen LogP contribution < -0.4 is 11.1 Å². The van der Waals surface area contributed by atoms with E-state index in [4.69, 9.17) is 17.3 Å². The van der Waals surface area contributed by atoms with Crippen molar-refractivity contribution < 1.29 is 27.5 Å². The average molecular weight is 375 g/mol. The molecule has 3 N–H and O–H groups in total. The summed E-state index contributed by atoms with van der Waals surface area (Å²) >= 11 is 5.75. The monoisotopic (exact) mass is 374 g/mol. The SMILES string of the molecule is Nc1nccnc1C(=O)OCC(=O)Nc1cc(C(F)(F)F)ccc1Cl. The van der Waals surface area contributed by atoms with Crippen LogP contribution in [0.1, 0.15) is 16.1 Å². The van der Waals surface area contributed by atoms with Gasteiger partial charge in [-0.2, -0.15) is 13.2 Å². The number of esters is 1. The Morgan fingerprint density at radius 1 is 1.24 bits per heavy atom. The Bertz CT molecular complexity index is 814. The standard InChI is InChI=1S/C14H10ClF3N4O3/c15-8-2-1-7(14(16,17)18)5-9(8)22-10(23)6-25-13(24)11-12(19)21-4-3-20-11/h1-5H,6H2,(H2,19,21)(H,22,23). The fourth-order valence-electron chi connectivity index (χ4n) is 1.69. The number of carbonyl (C=O) groups excluding carboxylic acids is 2. The first kappa shape index (κ1) is 18.5. The van der Waals surface area contributed by atoms with E-state index in [1.54, 1.807) is 0 Å². The Morgan fingerprint density at radius 2 is 1.92 bits per heavy atom. The third kappa shape index (κ3) is 4.80. The van der Waals surface area contributed by atoms with Crippen LogP contribution >= 0.6 is 11.6 Å². The summed E-state index contributed by atoms with van der Waals surface area (Å²) in [5, 5.41) is 2.02. The first-order valence-electron chi connectivity index (χ1n) is 6.58. The molecule has 0 aliphatic heterocycles. The van der Waals surface area contributed by atoms with Gasteiger partial charge in [0.2, 0.25) is 0 Å². The van der Waals surface area contributed by atoms with Gasteiger partial charge in [0.15, 0.2) is 18.1 Å². The molecule has 2 rings (SSSR count). The number of amides is 1. The van der Waals surface area contributed by atoms with Crippen molar-refractivity contribution in [1.82, 2.24) is 9.97 Å². The van der Waals surface area contributed by atoms with E-state index in [0.29, 0.717) is 6.07 Å². The number of benzene rings is 1. The number of aromatic nitrogens is 2. The molecule has 1 heterocycles. The maximum Gasteiger partial charge on any atom is 0.416 e. The van der Waals surface area contributed by atoms with Gasteiger partial charge in [-0.15, -0.1) is 0 Å². The molecule has 0 fully saturated rings. The number of nitrogens with one attached hydrogen (secondary N) is 1. The highest BCUT2D eigenvalue weighted by Gasteiger charge is 2.31. The second kappa shape index (κ2) is 7.34. The number of hydrogen-bond donors (Lipinski definition) is 2. The molecule has 0 unspecified atom stereocenters. The van der Waals surface area contributed by atoms with Gasteiger partial charge in [0, 0.05) is 12.4 Å². The van der Waals surface area contributed by atoms with Crippen LogP contribution in [0.15, 0.2) is 30.6 Å². The van der Waals surface area contributed by atoms with Crippen LogP contribution in [-0.2, 0) is 15.7 Å². The number of rotatable bonds is 4. The van der Waals surface area contributed by atoms with Crippen LogP contribution in [0.3, 0.4) is 0 Å². The van der Waals surface area contributed by atoms with Crippen LogP contribution in [0.25, 0.3) is 0 Å². The van der Waals surface area contributed by atoms with Crippen molar-refractivity contribution in [3.8, 4) is 0 Å². The van der Waals surface area contributed by atoms with Crippen LogP contribution in [0, 0.1) is 0 Å². The molecule has 7 nitrogen and oxygen atoms in total. The molecular formula is C14H10ClF3N4O3. The number of alkyl halides is 3. The molecule has 1 aromatic carbocycles. The van der Waals surface area contributed by atoms with E-state index in [2.05, 4.69) is 20.0 Å². The summed E-state index contributed by atoms with van der Waals surface area (Å²) < 4.78 is 42.7. The maximum absolute atomic E-state index is 12.7. The average Bonchev–Trinajstić information content (AvgIpc) is 2.54. The molecule has 0 aliphatic rings. The molecular weight excluding hydrogens is 365 g/mol. The molecule has 0 bridgehead atoms. The lowest BCUT2D eigenvalue weighted by molar-refractivity contribution is -0.137. The molecule has 0 atom stereocenters. The van der Waals surface area contributed by atoms with Gasteiger partial charge in [0.25, 0.3) is 5.91 Å². The van der Waals surface area contributed by atoms with Crippen molar-refractivity contribution in [2.75, 3.05) is 17.7 Å². The number of nitrogen functional groups attached to an aromatic ring is 1. The van der Waals surface area contributed by atoms with Crippen molar-refractivity contribution in [2.24, 2.45) is 0 Å². The van der Waals surface area contributed by atoms with Crippen molar-refractivity contribution >= 4 is 35.0 Å². The van der Waals surface area contributed by atoms with E-state index in [1.165, 1.54) is 12.4 Å². The number of halogens is 4. The summed E-state index contributed by atoms with van der Waals surface area (Å²) in [7, 11) is 0. The van der Waals surface area contributed by atoms with Gasteiger partial charge in [-0.25, -0.2) is 14.8 Å². The van der Waals surface area contributed by atoms with Crippen LogP contribution in [0.5, 0.6) is 0 Å². The molecule has 132 valence electrons. The van der Waals surface area contributed by atoms with E-state index in [0.717, 1.165) is 12.1 Å². The highest BCUT2D eigenvalue weighted by molar-refractivity contribution is 6.33. The van der Waals surface area contributed by atoms with Crippen LogP contribution in [-0.4, -0.2) is 28.5 Å². The van der Waals surface area contributed by atoms with Gasteiger partial charge < -0.3 is 15.8 Å². The third-order valence-corrected chi connectivity index (χ3v) is 3.15. The summed E-state index contributed by atoms with van der Waals surface area (Å²) in [6.07, 6.45) is -2.13. The number of hydrogen-bond acceptors (Lipinski definition) is 6. The number of carbonyl (C=O) groups is 2. The minimum Gasteiger partial charge on any atom is -0.451 e. The smallest absolute Gasteiger partial charge is 0.416 e. The first-order valence-corrected chi connectivity index (χ1v) is 6.96. The molecule has 0 radical (unpaired) electrons. The van der Waals surface area contributed by atoms with Gasteiger partial charge >= 0.3 is 12.1 Å². The Morgan fingerprint density at radius 3 is 2.56 bits per heavy atom. The van der Waals surface area contributed by atoms with Crippen molar-refractivity contribution in [3.05, 3.63) is 46.9 Å². The van der Waals surface area contributed by atoms with Crippen LogP contribution in [0.2, 0.25) is 5.02 Å². The van der Waals surface area contributed by atoms with Gasteiger partial charge in [-0.05, 0) is 18.2 Å². The van der Waals surface area contributed by atoms with Crippen molar-refractivity contribution in [2.45, 2.75) is 6.18 Å². The van der Waals surface area contributed by atoms with E-state index in [-0.39, 0.29) is 22.2 Å². The fourth-order valence-corrected chi connectivity index (χ4v) is 1.85. The van der Waals surface area contributed by atoms with Crippen LogP contribution in [0.4, 0.5) is 24.7 Å². The molecule has 0 saturated heterocycles. The molecule has 0 aliphatic carbocycles. The minimum absolute atomic E-state index is 0.106. The molecule has 25 heavy (non-hydrogen) atoms. The molecule has 1 amide bonds. The summed E-state index contributed by atoms with van der Waals surface area (Å²) in [5.41, 5.74) is 3.89. The lowest BCUT2D eigenvalue weighted by Crippen LogP contribution is -2.22. The lowest BCUT2D eigenvalue weighted by Gasteiger charge is -2.11. The largest absolute Gasteiger partial charge is 0.451 e. The number of nitrogens with zero attached hydrogens (tertiary/aromatic N) is 2. The highest BCUT2D eigenvalue weighted by atomic mass is 35.5. The minimum atomic E-state index is -4.60. The Hall–Kier alpha value is -2.88. The maximum atomic E-state index is 12.7. The second-order valence-corrected chi connectivity index (χ2v) is 5.01. The highest BCUT2D eigenvalue weighted by Crippen LogP contribution is 2.33. The molecule has 1 aromatic heterocycles. The fraction of sp³-hybridized carbons (Fsp3) is 0.143. The summed E-state index contributed by atoms with van der Waals surface area (Å²) in [6.45, 7) is -0.776. The summed E-state index contributed by atoms with van der Waals surface area (Å²) in [4.78, 5) is 30.7. The van der Waals surface area contributed by atoms with Gasteiger partial charge in [-0.1, -0.05) is 11.6 Å². The van der Waals surface area contributed by atoms with Crippen molar-refractivity contribution in [3.63, 3.8) is 0 Å². The molecule has 0 spiro atoms. The summed E-state index contributed by atoms with van der Waals surface area (Å²) in [5.74, 6) is -2.08. The van der Waals surface area contributed by atoms with E-state index in [1.807, 2.05) is 0 Å². The topological polar surface area (TPSA) is 107 Å². The number of anilines is 2. The first-order chi connectivity index (χ1) is 11.7. The van der Waals surface area contributed by atoms with Gasteiger partial charge in [-0.3, -0.25) is 4.79 Å². The third-order valence-electron chi connectivity index (χ3n) is 2.82. The van der Waals surface area contributed by atoms with Crippen molar-refractivity contribution in [1.29, 1.82) is 0 Å². The van der Waals surface area contributed by atoms with Gasteiger partial charge in [0.05, 0.1) is 16.3 Å². The Kier molecular flexibility index (Phi) is 5.42. The van der Waals surface area contributed by atoms with E-state index < -0.39 is 30.2 Å². The summed E-state index contributed by atoms with van der Waals surface area (Å²) in [6, 6.07) is 2.43. The zero-order valence-electron chi connectivity index (χ0n) is 12.3. The number of nitrogens with two attached hydrogens (primary N) is 1. The second-order valence-electron chi connectivity index (χ2n) is 4.61. The molecule has 2 aromatic rings. The predicted molar refractivity (Wildman–Crippen MR) is 81.8 cm³/mol. The van der Waals surface area contributed by atoms with E-state index >= 15 is 0 Å².